The number of hydroxylamine groups is 1. The fraction of sp³-hybridized carbons (Fsp3) is 0.381. The Balaban J connectivity index is 1.47. The number of carbonyl (C=O) groups excluding carboxylic acids is 1. The van der Waals surface area contributed by atoms with E-state index in [1.807, 2.05) is 6.07 Å². The summed E-state index contributed by atoms with van der Waals surface area (Å²) >= 11 is 1.48. The molecule has 1 saturated heterocycles. The molecule has 1 aromatic carbocycles. The molecule has 1 aliphatic heterocycles. The number of carbonyl (C=O) groups is 1. The predicted molar refractivity (Wildman–Crippen MR) is 103 cm³/mol. The topological polar surface area (TPSA) is 52.6 Å². The second-order valence-electron chi connectivity index (χ2n) is 7.25. The second kappa shape index (κ2) is 7.74. The van der Waals surface area contributed by atoms with Gasteiger partial charge in [0.1, 0.15) is 0 Å². The van der Waals surface area contributed by atoms with Crippen LogP contribution in [0.5, 0.6) is 0 Å². The first-order valence-electron chi connectivity index (χ1n) is 9.24. The van der Waals surface area contributed by atoms with E-state index >= 15 is 0 Å². The molecule has 2 aromatic rings. The molecule has 26 heavy (non-hydrogen) atoms. The van der Waals surface area contributed by atoms with Gasteiger partial charge in [-0.15, -0.1) is 11.3 Å². The highest BCUT2D eigenvalue weighted by atomic mass is 32.1. The van der Waals surface area contributed by atoms with Gasteiger partial charge in [-0.25, -0.2) is 5.48 Å². The molecule has 0 bridgehead atoms. The number of nitrogens with zero attached hydrogens (tertiary/aromatic N) is 1. The largest absolute Gasteiger partial charge is 0.295 e. The average Bonchev–Trinajstić information content (AvgIpc) is 3.18. The van der Waals surface area contributed by atoms with Crippen molar-refractivity contribution in [2.24, 2.45) is 5.92 Å². The van der Waals surface area contributed by atoms with Gasteiger partial charge in [-0.1, -0.05) is 42.0 Å². The number of hydrogen-bond acceptors (Lipinski definition) is 4. The number of allylic oxidation sites excluding steroid dienone is 1. The summed E-state index contributed by atoms with van der Waals surface area (Å²) in [6, 6.07) is 14.5. The van der Waals surface area contributed by atoms with Crippen molar-refractivity contribution in [3.8, 4) is 0 Å². The molecule has 0 spiro atoms. The monoisotopic (exact) mass is 368 g/mol. The van der Waals surface area contributed by atoms with Gasteiger partial charge in [-0.3, -0.25) is 14.9 Å². The van der Waals surface area contributed by atoms with Crippen LogP contribution >= 0.6 is 11.3 Å². The van der Waals surface area contributed by atoms with Crippen LogP contribution in [0.15, 0.2) is 54.1 Å². The highest BCUT2D eigenvalue weighted by Crippen LogP contribution is 2.40. The Hall–Kier alpha value is -1.95. The van der Waals surface area contributed by atoms with Crippen molar-refractivity contribution in [2.45, 2.75) is 31.7 Å². The van der Waals surface area contributed by atoms with Gasteiger partial charge in [0.05, 0.1) is 4.88 Å². The molecule has 1 fully saturated rings. The Morgan fingerprint density at radius 1 is 1.15 bits per heavy atom. The van der Waals surface area contributed by atoms with E-state index in [1.165, 1.54) is 41.2 Å². The molecule has 0 saturated carbocycles. The van der Waals surface area contributed by atoms with Crippen LogP contribution < -0.4 is 5.48 Å². The lowest BCUT2D eigenvalue weighted by molar-refractivity contribution is 0.0711. The van der Waals surface area contributed by atoms with Crippen LogP contribution in [0.1, 0.15) is 45.3 Å². The quantitative estimate of drug-likeness (QED) is 0.483. The van der Waals surface area contributed by atoms with Crippen molar-refractivity contribution < 1.29 is 10.0 Å². The summed E-state index contributed by atoms with van der Waals surface area (Å²) in [5, 5.41) is 8.80. The molecule has 0 radical (unpaired) electrons. The number of thiophene rings is 1. The van der Waals surface area contributed by atoms with Crippen LogP contribution in [0.25, 0.3) is 0 Å². The molecule has 2 N–H and O–H groups in total. The van der Waals surface area contributed by atoms with Crippen molar-refractivity contribution in [3.05, 3.63) is 69.4 Å². The Labute approximate surface area is 158 Å². The zero-order valence-corrected chi connectivity index (χ0v) is 15.5. The van der Waals surface area contributed by atoms with Crippen LogP contribution in [0.2, 0.25) is 0 Å². The number of rotatable bonds is 4. The first kappa shape index (κ1) is 17.5. The van der Waals surface area contributed by atoms with Gasteiger partial charge in [0.15, 0.2) is 0 Å². The summed E-state index contributed by atoms with van der Waals surface area (Å²) in [6.45, 7) is 3.22. The lowest BCUT2D eigenvalue weighted by atomic mass is 9.78. The van der Waals surface area contributed by atoms with Crippen LogP contribution in [0.4, 0.5) is 0 Å². The van der Waals surface area contributed by atoms with Crippen molar-refractivity contribution in [2.75, 3.05) is 13.1 Å². The molecule has 1 aliphatic carbocycles. The van der Waals surface area contributed by atoms with Gasteiger partial charge in [0, 0.05) is 23.9 Å². The maximum absolute atomic E-state index is 11.6. The first-order valence-corrected chi connectivity index (χ1v) is 10.1. The molecule has 5 heteroatoms. The molecule has 1 amide bonds. The summed E-state index contributed by atoms with van der Waals surface area (Å²) in [5.74, 6) is 0.691. The molecule has 136 valence electrons. The molecule has 2 heterocycles. The molecule has 2 aliphatic rings. The maximum Gasteiger partial charge on any atom is 0.284 e. The molecule has 4 rings (SSSR count). The minimum atomic E-state index is -0.422. The van der Waals surface area contributed by atoms with E-state index in [1.54, 1.807) is 17.1 Å². The van der Waals surface area contributed by atoms with Crippen LogP contribution in [0, 0.1) is 5.92 Å². The van der Waals surface area contributed by atoms with E-state index in [0.717, 1.165) is 25.4 Å². The standard InChI is InChI=1S/C21H24N2O2S/c24-21(22-25)20-9-8-19(26-20)17-7-6-16-10-11-23(14-18(16)12-17)13-15-4-2-1-3-5-15/h1-5,8-9,12,16-17,25H,6-7,10-11,13-14H2,(H,22,24). The van der Waals surface area contributed by atoms with Crippen molar-refractivity contribution in [3.63, 3.8) is 0 Å². The van der Waals surface area contributed by atoms with Crippen LogP contribution in [0.3, 0.4) is 0 Å². The number of benzene rings is 1. The number of amides is 1. The molecule has 2 atom stereocenters. The number of nitrogens with one attached hydrogen (secondary N) is 1. The van der Waals surface area contributed by atoms with Crippen LogP contribution in [-0.4, -0.2) is 29.1 Å². The normalized spacial score (nSPS) is 23.2. The van der Waals surface area contributed by atoms with E-state index in [2.05, 4.69) is 41.3 Å². The third-order valence-corrected chi connectivity index (χ3v) is 6.75. The molecule has 4 nitrogen and oxygen atoms in total. The Kier molecular flexibility index (Phi) is 5.20. The maximum atomic E-state index is 11.6. The minimum Gasteiger partial charge on any atom is -0.295 e. The SMILES string of the molecule is O=C(NO)c1ccc(C2C=C3CN(Cc4ccccc4)CCC3CC2)s1. The summed E-state index contributed by atoms with van der Waals surface area (Å²) in [5.41, 5.74) is 4.65. The highest BCUT2D eigenvalue weighted by molar-refractivity contribution is 7.14. The summed E-state index contributed by atoms with van der Waals surface area (Å²) in [6.07, 6.45) is 6.06. The lowest BCUT2D eigenvalue weighted by Gasteiger charge is -2.38. The van der Waals surface area contributed by atoms with Gasteiger partial charge in [-0.2, -0.15) is 0 Å². The first-order chi connectivity index (χ1) is 12.7. The summed E-state index contributed by atoms with van der Waals surface area (Å²) < 4.78 is 0. The van der Waals surface area contributed by atoms with Crippen LogP contribution in [-0.2, 0) is 6.54 Å². The number of piperidine rings is 1. The summed E-state index contributed by atoms with van der Waals surface area (Å²) in [7, 11) is 0. The van der Waals surface area contributed by atoms with Gasteiger partial charge in [0.2, 0.25) is 0 Å². The van der Waals surface area contributed by atoms with E-state index < -0.39 is 5.91 Å². The Bertz CT molecular complexity index is 799. The van der Waals surface area contributed by atoms with Crippen molar-refractivity contribution in [1.29, 1.82) is 0 Å². The minimum absolute atomic E-state index is 0.392. The number of likely N-dealkylation sites (tertiary alicyclic amines) is 1. The van der Waals surface area contributed by atoms with E-state index in [-0.39, 0.29) is 0 Å². The smallest absolute Gasteiger partial charge is 0.284 e. The molecule has 1 aromatic heterocycles. The fourth-order valence-corrected chi connectivity index (χ4v) is 5.16. The molecule has 2 unspecified atom stereocenters. The van der Waals surface area contributed by atoms with Gasteiger partial charge >= 0.3 is 0 Å². The second-order valence-corrected chi connectivity index (χ2v) is 8.37. The van der Waals surface area contributed by atoms with Gasteiger partial charge < -0.3 is 0 Å². The van der Waals surface area contributed by atoms with E-state index in [4.69, 9.17) is 5.21 Å². The van der Waals surface area contributed by atoms with Gasteiger partial charge in [-0.05, 0) is 49.4 Å². The van der Waals surface area contributed by atoms with Crippen molar-refractivity contribution >= 4 is 17.2 Å². The van der Waals surface area contributed by atoms with E-state index in [9.17, 15) is 4.79 Å². The average molecular weight is 369 g/mol. The third-order valence-electron chi connectivity index (χ3n) is 5.53. The molecular weight excluding hydrogens is 344 g/mol. The summed E-state index contributed by atoms with van der Waals surface area (Å²) in [4.78, 5) is 15.9. The Morgan fingerprint density at radius 2 is 2.00 bits per heavy atom. The zero-order chi connectivity index (χ0) is 17.9. The van der Waals surface area contributed by atoms with Gasteiger partial charge in [0.25, 0.3) is 5.91 Å². The van der Waals surface area contributed by atoms with E-state index in [0.29, 0.717) is 10.8 Å². The zero-order valence-electron chi connectivity index (χ0n) is 14.7. The third kappa shape index (κ3) is 3.75. The Morgan fingerprint density at radius 3 is 2.81 bits per heavy atom. The van der Waals surface area contributed by atoms with Crippen molar-refractivity contribution in [1.82, 2.24) is 10.4 Å². The highest BCUT2D eigenvalue weighted by Gasteiger charge is 2.29. The number of fused-ring (bicyclic) bond motifs is 1. The fourth-order valence-electron chi connectivity index (χ4n) is 4.16. The predicted octanol–water partition coefficient (Wildman–Crippen LogP) is 4.19. The lowest BCUT2D eigenvalue weighted by Crippen LogP contribution is -2.36. The number of hydrogen-bond donors (Lipinski definition) is 2. The molecular formula is C21H24N2O2S.